The molecule has 0 aliphatic heterocycles. The third-order valence-corrected chi connectivity index (χ3v) is 4.99. The SMILES string of the molecule is O=c1c2cnc3[nH]ccc3c2n(C2CCCCC2)c(=O)n1CC(F)(F)F. The second-order valence-electron chi connectivity index (χ2n) is 6.71. The molecule has 4 rings (SSSR count). The number of nitrogens with one attached hydrogen (secondary N) is 1. The third-order valence-electron chi connectivity index (χ3n) is 4.99. The monoisotopic (exact) mass is 366 g/mol. The van der Waals surface area contributed by atoms with Gasteiger partial charge in [0.2, 0.25) is 0 Å². The van der Waals surface area contributed by atoms with E-state index in [0.29, 0.717) is 29.4 Å². The molecule has 26 heavy (non-hydrogen) atoms. The average Bonchev–Trinajstić information content (AvgIpc) is 3.08. The van der Waals surface area contributed by atoms with E-state index in [0.717, 1.165) is 19.3 Å². The number of halogens is 3. The van der Waals surface area contributed by atoms with Gasteiger partial charge in [-0.2, -0.15) is 13.2 Å². The van der Waals surface area contributed by atoms with Crippen LogP contribution in [0, 0.1) is 0 Å². The lowest BCUT2D eigenvalue weighted by Gasteiger charge is -2.26. The van der Waals surface area contributed by atoms with E-state index in [9.17, 15) is 22.8 Å². The fraction of sp³-hybridized carbons (Fsp3) is 0.471. The Balaban J connectivity index is 2.11. The third kappa shape index (κ3) is 2.71. The lowest BCUT2D eigenvalue weighted by molar-refractivity contribution is -0.142. The normalized spacial score (nSPS) is 16.6. The molecule has 3 aromatic heterocycles. The number of hydrogen-bond donors (Lipinski definition) is 1. The molecule has 1 saturated carbocycles. The van der Waals surface area contributed by atoms with Crippen molar-refractivity contribution in [2.24, 2.45) is 0 Å². The molecule has 0 unspecified atom stereocenters. The van der Waals surface area contributed by atoms with E-state index in [1.54, 1.807) is 12.3 Å². The summed E-state index contributed by atoms with van der Waals surface area (Å²) in [6.07, 6.45) is 2.47. The minimum Gasteiger partial charge on any atom is -0.346 e. The van der Waals surface area contributed by atoms with Gasteiger partial charge in [0.05, 0.1) is 10.9 Å². The zero-order chi connectivity index (χ0) is 18.5. The van der Waals surface area contributed by atoms with Gasteiger partial charge in [0.25, 0.3) is 5.56 Å². The van der Waals surface area contributed by atoms with Crippen LogP contribution < -0.4 is 11.2 Å². The van der Waals surface area contributed by atoms with E-state index in [1.807, 2.05) is 0 Å². The van der Waals surface area contributed by atoms with Crippen LogP contribution in [-0.2, 0) is 6.54 Å². The van der Waals surface area contributed by atoms with Crippen LogP contribution in [-0.4, -0.2) is 25.3 Å². The summed E-state index contributed by atoms with van der Waals surface area (Å²) in [7, 11) is 0. The Hall–Kier alpha value is -2.58. The summed E-state index contributed by atoms with van der Waals surface area (Å²) < 4.78 is 40.5. The van der Waals surface area contributed by atoms with E-state index in [-0.39, 0.29) is 16.0 Å². The van der Waals surface area contributed by atoms with Crippen LogP contribution in [0.3, 0.4) is 0 Å². The van der Waals surface area contributed by atoms with Gasteiger partial charge in [0.1, 0.15) is 12.2 Å². The first-order valence-electron chi connectivity index (χ1n) is 8.55. The van der Waals surface area contributed by atoms with E-state index >= 15 is 0 Å². The standard InChI is InChI=1S/C17H17F3N4O2/c18-17(19,20)9-23-15(25)12-8-22-14-11(6-7-21-14)13(12)24(16(23)26)10-4-2-1-3-5-10/h6-8,10H,1-5,9H2,(H,21,22). The summed E-state index contributed by atoms with van der Waals surface area (Å²) >= 11 is 0. The molecule has 6 nitrogen and oxygen atoms in total. The number of fused-ring (bicyclic) bond motifs is 3. The van der Waals surface area contributed by atoms with Crippen molar-refractivity contribution in [2.45, 2.75) is 50.9 Å². The number of nitrogens with zero attached hydrogens (tertiary/aromatic N) is 3. The first-order chi connectivity index (χ1) is 12.4. The van der Waals surface area contributed by atoms with Gasteiger partial charge in [-0.25, -0.2) is 9.78 Å². The Morgan fingerprint density at radius 3 is 2.58 bits per heavy atom. The maximum atomic E-state index is 13.0. The summed E-state index contributed by atoms with van der Waals surface area (Å²) in [5.41, 5.74) is -0.989. The van der Waals surface area contributed by atoms with Crippen LogP contribution in [0.1, 0.15) is 38.1 Å². The van der Waals surface area contributed by atoms with Crippen molar-refractivity contribution in [3.63, 3.8) is 0 Å². The predicted molar refractivity (Wildman–Crippen MR) is 90.3 cm³/mol. The molecule has 1 aliphatic rings. The molecule has 0 radical (unpaired) electrons. The van der Waals surface area contributed by atoms with Gasteiger partial charge >= 0.3 is 11.9 Å². The summed E-state index contributed by atoms with van der Waals surface area (Å²) in [4.78, 5) is 32.6. The zero-order valence-corrected chi connectivity index (χ0v) is 13.8. The molecular formula is C17H17F3N4O2. The number of H-pyrrole nitrogens is 1. The molecule has 0 amide bonds. The number of hydrogen-bond acceptors (Lipinski definition) is 3. The van der Waals surface area contributed by atoms with Gasteiger partial charge in [-0.1, -0.05) is 19.3 Å². The van der Waals surface area contributed by atoms with Crippen molar-refractivity contribution in [1.82, 2.24) is 19.1 Å². The van der Waals surface area contributed by atoms with Crippen molar-refractivity contribution in [2.75, 3.05) is 0 Å². The lowest BCUT2D eigenvalue weighted by Crippen LogP contribution is -2.44. The lowest BCUT2D eigenvalue weighted by atomic mass is 9.95. The summed E-state index contributed by atoms with van der Waals surface area (Å²) in [5.74, 6) is 0. The van der Waals surface area contributed by atoms with Crippen molar-refractivity contribution in [1.29, 1.82) is 0 Å². The van der Waals surface area contributed by atoms with Crippen LogP contribution in [0.2, 0.25) is 0 Å². The molecule has 138 valence electrons. The number of rotatable bonds is 2. The quantitative estimate of drug-likeness (QED) is 0.757. The maximum Gasteiger partial charge on any atom is 0.406 e. The molecule has 3 aromatic rings. The van der Waals surface area contributed by atoms with Gasteiger partial charge in [0.15, 0.2) is 0 Å². The fourth-order valence-corrected chi connectivity index (χ4v) is 3.86. The molecule has 1 N–H and O–H groups in total. The van der Waals surface area contributed by atoms with Crippen LogP contribution in [0.5, 0.6) is 0 Å². The Bertz CT molecular complexity index is 1090. The average molecular weight is 366 g/mol. The first kappa shape index (κ1) is 16.9. The number of aromatic nitrogens is 4. The topological polar surface area (TPSA) is 72.7 Å². The molecule has 1 aliphatic carbocycles. The molecule has 1 fully saturated rings. The molecule has 0 aromatic carbocycles. The van der Waals surface area contributed by atoms with Crippen molar-refractivity contribution in [3.8, 4) is 0 Å². The number of pyridine rings is 1. The Labute approximate surface area is 145 Å². The highest BCUT2D eigenvalue weighted by Gasteiger charge is 2.32. The number of aromatic amines is 1. The molecule has 0 saturated heterocycles. The molecule has 0 atom stereocenters. The predicted octanol–water partition coefficient (Wildman–Crippen LogP) is 3.11. The maximum absolute atomic E-state index is 13.0. The highest BCUT2D eigenvalue weighted by atomic mass is 19.4. The highest BCUT2D eigenvalue weighted by Crippen LogP contribution is 2.31. The van der Waals surface area contributed by atoms with Crippen LogP contribution in [0.15, 0.2) is 28.0 Å². The van der Waals surface area contributed by atoms with Crippen molar-refractivity contribution < 1.29 is 13.2 Å². The van der Waals surface area contributed by atoms with E-state index in [2.05, 4.69) is 9.97 Å². The van der Waals surface area contributed by atoms with Crippen molar-refractivity contribution in [3.05, 3.63) is 39.3 Å². The Morgan fingerprint density at radius 1 is 1.15 bits per heavy atom. The zero-order valence-electron chi connectivity index (χ0n) is 13.8. The molecule has 0 spiro atoms. The highest BCUT2D eigenvalue weighted by molar-refractivity contribution is 6.01. The van der Waals surface area contributed by atoms with Gasteiger partial charge in [-0.05, 0) is 18.9 Å². The minimum absolute atomic E-state index is 0.0338. The Morgan fingerprint density at radius 2 is 1.88 bits per heavy atom. The molecule has 9 heteroatoms. The van der Waals surface area contributed by atoms with E-state index in [4.69, 9.17) is 0 Å². The van der Waals surface area contributed by atoms with Gasteiger partial charge < -0.3 is 4.98 Å². The second-order valence-corrected chi connectivity index (χ2v) is 6.71. The summed E-state index contributed by atoms with van der Waals surface area (Å²) in [5, 5.41) is 0.605. The van der Waals surface area contributed by atoms with Crippen LogP contribution >= 0.6 is 0 Å². The van der Waals surface area contributed by atoms with Crippen LogP contribution in [0.25, 0.3) is 21.9 Å². The first-order valence-corrected chi connectivity index (χ1v) is 8.55. The molecule has 3 heterocycles. The van der Waals surface area contributed by atoms with E-state index in [1.165, 1.54) is 10.8 Å². The summed E-state index contributed by atoms with van der Waals surface area (Å²) in [6, 6.07) is 1.47. The summed E-state index contributed by atoms with van der Waals surface area (Å²) in [6.45, 7) is -1.60. The van der Waals surface area contributed by atoms with E-state index < -0.39 is 24.0 Å². The smallest absolute Gasteiger partial charge is 0.346 e. The number of alkyl halides is 3. The fourth-order valence-electron chi connectivity index (χ4n) is 3.86. The largest absolute Gasteiger partial charge is 0.406 e. The van der Waals surface area contributed by atoms with Gasteiger partial charge in [-0.3, -0.25) is 13.9 Å². The van der Waals surface area contributed by atoms with Crippen molar-refractivity contribution >= 4 is 21.9 Å². The molecular weight excluding hydrogens is 349 g/mol. The van der Waals surface area contributed by atoms with Gasteiger partial charge in [-0.15, -0.1) is 0 Å². The molecule has 0 bridgehead atoms. The Kier molecular flexibility index (Phi) is 3.89. The minimum atomic E-state index is -4.66. The van der Waals surface area contributed by atoms with Gasteiger partial charge in [0, 0.05) is 23.8 Å². The van der Waals surface area contributed by atoms with Crippen LogP contribution in [0.4, 0.5) is 13.2 Å². The second kappa shape index (κ2) is 6.00.